The standard InChI is InChI=1S/C16H19N5/c1-3-4-9-18-16-19-12(2)10-15(21-16)20-14-8-6-5-7-13(14)11-17/h5-8,10H,3-4,9H2,1-2H3,(H2,18,19,20,21). The van der Waals surface area contributed by atoms with Crippen LogP contribution in [0.5, 0.6) is 0 Å². The number of benzene rings is 1. The van der Waals surface area contributed by atoms with Gasteiger partial charge in [-0.05, 0) is 25.5 Å². The van der Waals surface area contributed by atoms with Crippen LogP contribution < -0.4 is 10.6 Å². The van der Waals surface area contributed by atoms with Gasteiger partial charge in [0.25, 0.3) is 0 Å². The quantitative estimate of drug-likeness (QED) is 0.791. The molecule has 2 rings (SSSR count). The lowest BCUT2D eigenvalue weighted by Crippen LogP contribution is -2.07. The van der Waals surface area contributed by atoms with Gasteiger partial charge in [0, 0.05) is 18.3 Å². The van der Waals surface area contributed by atoms with Crippen molar-refractivity contribution in [1.82, 2.24) is 9.97 Å². The van der Waals surface area contributed by atoms with E-state index in [4.69, 9.17) is 5.26 Å². The van der Waals surface area contributed by atoms with Crippen molar-refractivity contribution < 1.29 is 0 Å². The van der Waals surface area contributed by atoms with Crippen molar-refractivity contribution in [2.24, 2.45) is 0 Å². The second-order valence-corrected chi connectivity index (χ2v) is 4.78. The summed E-state index contributed by atoms with van der Waals surface area (Å²) in [5.41, 5.74) is 2.22. The number of hydrogen-bond donors (Lipinski definition) is 2. The van der Waals surface area contributed by atoms with E-state index in [-0.39, 0.29) is 0 Å². The van der Waals surface area contributed by atoms with E-state index in [0.717, 1.165) is 30.8 Å². The zero-order chi connectivity index (χ0) is 15.1. The van der Waals surface area contributed by atoms with E-state index in [0.29, 0.717) is 17.3 Å². The first-order valence-electron chi connectivity index (χ1n) is 7.08. The number of rotatable bonds is 6. The highest BCUT2D eigenvalue weighted by Gasteiger charge is 2.05. The zero-order valence-corrected chi connectivity index (χ0v) is 12.3. The molecular weight excluding hydrogens is 262 g/mol. The van der Waals surface area contributed by atoms with Gasteiger partial charge in [-0.25, -0.2) is 4.98 Å². The molecule has 0 radical (unpaired) electrons. The first-order chi connectivity index (χ1) is 10.2. The topological polar surface area (TPSA) is 73.6 Å². The van der Waals surface area contributed by atoms with Crippen molar-refractivity contribution in [3.63, 3.8) is 0 Å². The molecule has 0 bridgehead atoms. The largest absolute Gasteiger partial charge is 0.354 e. The first-order valence-corrected chi connectivity index (χ1v) is 7.08. The number of nitrogens with one attached hydrogen (secondary N) is 2. The molecule has 0 saturated carbocycles. The molecule has 0 atom stereocenters. The molecule has 1 aromatic heterocycles. The molecule has 5 heteroatoms. The molecular formula is C16H19N5. The molecule has 1 aromatic carbocycles. The lowest BCUT2D eigenvalue weighted by molar-refractivity contribution is 0.825. The van der Waals surface area contributed by atoms with Gasteiger partial charge in [0.15, 0.2) is 0 Å². The molecule has 0 aliphatic heterocycles. The minimum absolute atomic E-state index is 0.592. The normalized spacial score (nSPS) is 9.95. The minimum atomic E-state index is 0.592. The fourth-order valence-electron chi connectivity index (χ4n) is 1.92. The highest BCUT2D eigenvalue weighted by molar-refractivity contribution is 5.64. The number of unbranched alkanes of at least 4 members (excludes halogenated alkanes) is 1. The van der Waals surface area contributed by atoms with Crippen LogP contribution in [0.3, 0.4) is 0 Å². The Labute approximate surface area is 125 Å². The lowest BCUT2D eigenvalue weighted by Gasteiger charge is -2.10. The molecule has 0 saturated heterocycles. The lowest BCUT2D eigenvalue weighted by atomic mass is 10.2. The highest BCUT2D eigenvalue weighted by atomic mass is 15.1. The number of nitriles is 1. The summed E-state index contributed by atoms with van der Waals surface area (Å²) in [4.78, 5) is 8.80. The molecule has 2 N–H and O–H groups in total. The van der Waals surface area contributed by atoms with Gasteiger partial charge < -0.3 is 10.6 Å². The molecule has 5 nitrogen and oxygen atoms in total. The molecule has 0 aliphatic carbocycles. The maximum atomic E-state index is 9.11. The second kappa shape index (κ2) is 7.25. The molecule has 0 aliphatic rings. The summed E-state index contributed by atoms with van der Waals surface area (Å²) in [6.45, 7) is 4.92. The van der Waals surface area contributed by atoms with Crippen molar-refractivity contribution in [1.29, 1.82) is 5.26 Å². The van der Waals surface area contributed by atoms with Crippen LogP contribution in [0.15, 0.2) is 30.3 Å². The molecule has 0 spiro atoms. The number of para-hydroxylation sites is 1. The predicted octanol–water partition coefficient (Wildman–Crippen LogP) is 3.61. The number of nitrogens with zero attached hydrogens (tertiary/aromatic N) is 3. The van der Waals surface area contributed by atoms with E-state index < -0.39 is 0 Å². The van der Waals surface area contributed by atoms with Gasteiger partial charge in [-0.2, -0.15) is 10.2 Å². The maximum Gasteiger partial charge on any atom is 0.224 e. The first kappa shape index (κ1) is 14.8. The van der Waals surface area contributed by atoms with Crippen LogP contribution in [0.1, 0.15) is 31.0 Å². The van der Waals surface area contributed by atoms with Gasteiger partial charge in [0.2, 0.25) is 5.95 Å². The van der Waals surface area contributed by atoms with E-state index in [9.17, 15) is 0 Å². The van der Waals surface area contributed by atoms with Crippen molar-refractivity contribution >= 4 is 17.5 Å². The summed E-state index contributed by atoms with van der Waals surface area (Å²) in [6, 6.07) is 11.4. The Kier molecular flexibility index (Phi) is 5.10. The highest BCUT2D eigenvalue weighted by Crippen LogP contribution is 2.20. The van der Waals surface area contributed by atoms with E-state index in [1.807, 2.05) is 31.2 Å². The SMILES string of the molecule is CCCCNc1nc(C)cc(Nc2ccccc2C#N)n1. The summed E-state index contributed by atoms with van der Waals surface area (Å²) in [5, 5.41) is 15.5. The average molecular weight is 281 g/mol. The third-order valence-corrected chi connectivity index (χ3v) is 2.98. The molecule has 0 fully saturated rings. The third-order valence-electron chi connectivity index (χ3n) is 2.98. The van der Waals surface area contributed by atoms with Crippen LogP contribution in [0.4, 0.5) is 17.5 Å². The average Bonchev–Trinajstić information content (AvgIpc) is 2.47. The zero-order valence-electron chi connectivity index (χ0n) is 12.3. The Hall–Kier alpha value is -2.61. The van der Waals surface area contributed by atoms with Crippen LogP contribution in [0.2, 0.25) is 0 Å². The third kappa shape index (κ3) is 4.18. The minimum Gasteiger partial charge on any atom is -0.354 e. The monoisotopic (exact) mass is 281 g/mol. The Morgan fingerprint density at radius 2 is 2.05 bits per heavy atom. The van der Waals surface area contributed by atoms with Crippen molar-refractivity contribution in [2.45, 2.75) is 26.7 Å². The smallest absolute Gasteiger partial charge is 0.224 e. The van der Waals surface area contributed by atoms with Crippen LogP contribution in [-0.2, 0) is 0 Å². The van der Waals surface area contributed by atoms with Gasteiger partial charge in [-0.15, -0.1) is 0 Å². The summed E-state index contributed by atoms with van der Waals surface area (Å²) in [5.74, 6) is 1.30. The van der Waals surface area contributed by atoms with Gasteiger partial charge >= 0.3 is 0 Å². The summed E-state index contributed by atoms with van der Waals surface area (Å²) >= 11 is 0. The van der Waals surface area contributed by atoms with Gasteiger partial charge in [-0.1, -0.05) is 25.5 Å². The van der Waals surface area contributed by atoms with Crippen LogP contribution in [0.25, 0.3) is 0 Å². The molecule has 0 amide bonds. The number of anilines is 3. The second-order valence-electron chi connectivity index (χ2n) is 4.78. The van der Waals surface area contributed by atoms with Gasteiger partial charge in [-0.3, -0.25) is 0 Å². The predicted molar refractivity (Wildman–Crippen MR) is 84.6 cm³/mol. The van der Waals surface area contributed by atoms with E-state index in [2.05, 4.69) is 33.6 Å². The Morgan fingerprint density at radius 3 is 2.81 bits per heavy atom. The maximum absolute atomic E-state index is 9.11. The fraction of sp³-hybridized carbons (Fsp3) is 0.312. The number of aryl methyl sites for hydroxylation is 1. The number of hydrogen-bond acceptors (Lipinski definition) is 5. The van der Waals surface area contributed by atoms with Gasteiger partial charge in [0.05, 0.1) is 11.3 Å². The summed E-state index contributed by atoms with van der Waals surface area (Å²) < 4.78 is 0. The van der Waals surface area contributed by atoms with Crippen LogP contribution in [0, 0.1) is 18.3 Å². The fourth-order valence-corrected chi connectivity index (χ4v) is 1.92. The van der Waals surface area contributed by atoms with Crippen LogP contribution in [-0.4, -0.2) is 16.5 Å². The van der Waals surface area contributed by atoms with E-state index in [1.54, 1.807) is 6.07 Å². The number of aromatic nitrogens is 2. The molecule has 21 heavy (non-hydrogen) atoms. The summed E-state index contributed by atoms with van der Waals surface area (Å²) in [7, 11) is 0. The summed E-state index contributed by atoms with van der Waals surface area (Å²) in [6.07, 6.45) is 2.21. The van der Waals surface area contributed by atoms with Crippen molar-refractivity contribution in [3.8, 4) is 6.07 Å². The molecule has 2 aromatic rings. The van der Waals surface area contributed by atoms with E-state index in [1.165, 1.54) is 0 Å². The van der Waals surface area contributed by atoms with Gasteiger partial charge in [0.1, 0.15) is 11.9 Å². The molecule has 0 unspecified atom stereocenters. The van der Waals surface area contributed by atoms with Crippen molar-refractivity contribution in [2.75, 3.05) is 17.2 Å². The Bertz CT molecular complexity index is 645. The van der Waals surface area contributed by atoms with Crippen molar-refractivity contribution in [3.05, 3.63) is 41.6 Å². The Balaban J connectivity index is 2.18. The van der Waals surface area contributed by atoms with E-state index >= 15 is 0 Å². The molecule has 1 heterocycles. The Morgan fingerprint density at radius 1 is 1.24 bits per heavy atom. The van der Waals surface area contributed by atoms with Crippen LogP contribution >= 0.6 is 0 Å². The molecule has 108 valence electrons.